The molecule has 0 fully saturated rings. The van der Waals surface area contributed by atoms with Crippen molar-refractivity contribution in [1.82, 2.24) is 4.98 Å². The fourth-order valence-corrected chi connectivity index (χ4v) is 3.33. The zero-order valence-corrected chi connectivity index (χ0v) is 14.7. The van der Waals surface area contributed by atoms with Crippen molar-refractivity contribution in [2.75, 3.05) is 0 Å². The quantitative estimate of drug-likeness (QED) is 0.624. The van der Waals surface area contributed by atoms with Gasteiger partial charge in [-0.15, -0.1) is 0 Å². The number of pyridine rings is 1. The second kappa shape index (κ2) is 6.89. The average Bonchev–Trinajstić information content (AvgIpc) is 2.85. The van der Waals surface area contributed by atoms with Crippen LogP contribution in [0.1, 0.15) is 41.0 Å². The van der Waals surface area contributed by atoms with Crippen molar-refractivity contribution in [2.45, 2.75) is 13.0 Å². The van der Waals surface area contributed by atoms with Gasteiger partial charge in [0.1, 0.15) is 0 Å². The number of nitrogens with zero attached hydrogens (tertiary/aromatic N) is 2. The Labute approximate surface area is 157 Å². The highest BCUT2D eigenvalue weighted by molar-refractivity contribution is 5.79. The molecule has 1 aliphatic rings. The number of aromatic nitrogens is 1. The van der Waals surface area contributed by atoms with Gasteiger partial charge in [-0.3, -0.25) is 4.79 Å². The van der Waals surface area contributed by atoms with E-state index < -0.39 is 6.10 Å². The van der Waals surface area contributed by atoms with Gasteiger partial charge in [0.25, 0.3) is 0 Å². The van der Waals surface area contributed by atoms with Crippen molar-refractivity contribution in [3.05, 3.63) is 88.6 Å². The van der Waals surface area contributed by atoms with Crippen LogP contribution < -0.4 is 0 Å². The summed E-state index contributed by atoms with van der Waals surface area (Å²) in [5.74, 6) is -0.381. The summed E-state index contributed by atoms with van der Waals surface area (Å²) in [4.78, 5) is 16.5. The fourth-order valence-electron chi connectivity index (χ4n) is 3.33. The molecule has 2 aromatic carbocycles. The molecule has 0 saturated heterocycles. The van der Waals surface area contributed by atoms with Gasteiger partial charge in [0, 0.05) is 23.6 Å². The van der Waals surface area contributed by atoms with Crippen LogP contribution in [0.25, 0.3) is 23.4 Å². The van der Waals surface area contributed by atoms with Crippen molar-refractivity contribution in [1.29, 1.82) is 5.26 Å². The molecule has 0 spiro atoms. The van der Waals surface area contributed by atoms with Crippen LogP contribution in [0.3, 0.4) is 0 Å². The number of nitriles is 1. The Balaban J connectivity index is 1.91. The molecule has 27 heavy (non-hydrogen) atoms. The summed E-state index contributed by atoms with van der Waals surface area (Å²) in [7, 11) is 0. The lowest BCUT2D eigenvalue weighted by molar-refractivity contribution is -0.144. The Morgan fingerprint density at radius 2 is 1.81 bits per heavy atom. The van der Waals surface area contributed by atoms with Crippen LogP contribution in [0, 0.1) is 11.3 Å². The van der Waals surface area contributed by atoms with Gasteiger partial charge in [-0.25, -0.2) is 4.98 Å². The summed E-state index contributed by atoms with van der Waals surface area (Å²) < 4.78 is 5.64. The second-order valence-corrected chi connectivity index (χ2v) is 6.28. The predicted octanol–water partition coefficient (Wildman–Crippen LogP) is 4.76. The van der Waals surface area contributed by atoms with Gasteiger partial charge in [-0.2, -0.15) is 5.26 Å². The minimum atomic E-state index is -0.604. The van der Waals surface area contributed by atoms with Gasteiger partial charge in [-0.05, 0) is 23.8 Å². The van der Waals surface area contributed by atoms with Crippen LogP contribution in [0.4, 0.5) is 0 Å². The average molecular weight is 352 g/mol. The number of ether oxygens (including phenoxy) is 1. The standard InChI is InChI=1S/C23H16N2O2/c1-15(26)27-23-19-9-5-8-17(14-24)18(19)10-13-22-20(23)11-12-21(25-22)16-6-3-2-4-7-16/h2-13,23H,1H3. The lowest BCUT2D eigenvalue weighted by Gasteiger charge is -2.20. The third kappa shape index (κ3) is 3.11. The summed E-state index contributed by atoms with van der Waals surface area (Å²) >= 11 is 0. The van der Waals surface area contributed by atoms with E-state index in [1.807, 2.05) is 60.7 Å². The van der Waals surface area contributed by atoms with E-state index in [1.54, 1.807) is 12.1 Å². The number of hydrogen-bond acceptors (Lipinski definition) is 4. The molecule has 1 atom stereocenters. The maximum absolute atomic E-state index is 11.8. The molecular weight excluding hydrogens is 336 g/mol. The van der Waals surface area contributed by atoms with Crippen LogP contribution in [0.15, 0.2) is 60.7 Å². The minimum absolute atomic E-state index is 0.381. The lowest BCUT2D eigenvalue weighted by atomic mass is 9.95. The van der Waals surface area contributed by atoms with Gasteiger partial charge in [0.05, 0.1) is 23.0 Å². The Bertz CT molecular complexity index is 1100. The topological polar surface area (TPSA) is 63.0 Å². The highest BCUT2D eigenvalue weighted by atomic mass is 16.5. The molecule has 0 radical (unpaired) electrons. The first kappa shape index (κ1) is 16.7. The zero-order valence-electron chi connectivity index (χ0n) is 14.7. The maximum atomic E-state index is 11.8. The maximum Gasteiger partial charge on any atom is 0.303 e. The first-order chi connectivity index (χ1) is 13.2. The summed E-state index contributed by atoms with van der Waals surface area (Å²) in [5.41, 5.74) is 5.46. The molecule has 1 heterocycles. The molecule has 0 amide bonds. The molecule has 0 aliphatic heterocycles. The highest BCUT2D eigenvalue weighted by Gasteiger charge is 2.26. The van der Waals surface area contributed by atoms with E-state index >= 15 is 0 Å². The predicted molar refractivity (Wildman–Crippen MR) is 103 cm³/mol. The summed E-state index contributed by atoms with van der Waals surface area (Å²) in [6, 6.07) is 21.4. The van der Waals surface area contributed by atoms with Crippen LogP contribution in [-0.2, 0) is 9.53 Å². The third-order valence-electron chi connectivity index (χ3n) is 4.54. The van der Waals surface area contributed by atoms with Gasteiger partial charge in [-0.1, -0.05) is 54.6 Å². The molecule has 4 rings (SSSR count). The molecular formula is C23H16N2O2. The Morgan fingerprint density at radius 3 is 2.56 bits per heavy atom. The van der Waals surface area contributed by atoms with Crippen molar-refractivity contribution < 1.29 is 9.53 Å². The molecule has 1 aromatic heterocycles. The van der Waals surface area contributed by atoms with E-state index in [-0.39, 0.29) is 5.97 Å². The Kier molecular flexibility index (Phi) is 4.27. The molecule has 130 valence electrons. The van der Waals surface area contributed by atoms with Crippen molar-refractivity contribution in [3.63, 3.8) is 0 Å². The second-order valence-electron chi connectivity index (χ2n) is 6.28. The van der Waals surface area contributed by atoms with E-state index in [1.165, 1.54) is 6.92 Å². The number of fused-ring (bicyclic) bond motifs is 2. The summed E-state index contributed by atoms with van der Waals surface area (Å²) in [5, 5.41) is 9.46. The SMILES string of the molecule is CC(=O)OC1c2ccc(-c3ccccc3)nc2C=Cc2c(C#N)cccc21. The van der Waals surface area contributed by atoms with Crippen molar-refractivity contribution in [2.24, 2.45) is 0 Å². The molecule has 0 saturated carbocycles. The summed E-state index contributed by atoms with van der Waals surface area (Å²) in [6.07, 6.45) is 3.15. The van der Waals surface area contributed by atoms with Gasteiger partial charge in [0.15, 0.2) is 6.10 Å². The van der Waals surface area contributed by atoms with Gasteiger partial charge < -0.3 is 4.74 Å². The number of carbonyl (C=O) groups is 1. The van der Waals surface area contributed by atoms with Crippen LogP contribution in [-0.4, -0.2) is 11.0 Å². The van der Waals surface area contributed by atoms with E-state index in [2.05, 4.69) is 6.07 Å². The molecule has 1 unspecified atom stereocenters. The number of esters is 1. The van der Waals surface area contributed by atoms with E-state index in [0.29, 0.717) is 5.56 Å². The van der Waals surface area contributed by atoms with Gasteiger partial charge in [0.2, 0.25) is 0 Å². The number of hydrogen-bond donors (Lipinski definition) is 0. The third-order valence-corrected chi connectivity index (χ3v) is 4.54. The molecule has 4 heteroatoms. The van der Waals surface area contributed by atoms with Crippen LogP contribution in [0.2, 0.25) is 0 Å². The molecule has 3 aromatic rings. The normalized spacial score (nSPS) is 14.4. The highest BCUT2D eigenvalue weighted by Crippen LogP contribution is 2.37. The summed E-state index contributed by atoms with van der Waals surface area (Å²) in [6.45, 7) is 1.39. The molecule has 4 nitrogen and oxygen atoms in total. The van der Waals surface area contributed by atoms with E-state index in [9.17, 15) is 10.1 Å². The van der Waals surface area contributed by atoms with Gasteiger partial charge >= 0.3 is 5.97 Å². The Hall–Kier alpha value is -3.71. The van der Waals surface area contributed by atoms with E-state index in [0.717, 1.165) is 33.6 Å². The largest absolute Gasteiger partial charge is 0.453 e. The first-order valence-corrected chi connectivity index (χ1v) is 8.62. The zero-order chi connectivity index (χ0) is 18.8. The van der Waals surface area contributed by atoms with Crippen LogP contribution in [0.5, 0.6) is 0 Å². The van der Waals surface area contributed by atoms with Crippen LogP contribution >= 0.6 is 0 Å². The van der Waals surface area contributed by atoms with Crippen molar-refractivity contribution in [3.8, 4) is 17.3 Å². The molecule has 0 bridgehead atoms. The van der Waals surface area contributed by atoms with E-state index in [4.69, 9.17) is 9.72 Å². The monoisotopic (exact) mass is 352 g/mol. The first-order valence-electron chi connectivity index (χ1n) is 8.62. The fraction of sp³-hybridized carbons (Fsp3) is 0.0870. The van der Waals surface area contributed by atoms with Crippen molar-refractivity contribution >= 4 is 18.1 Å². The smallest absolute Gasteiger partial charge is 0.303 e. The lowest BCUT2D eigenvalue weighted by Crippen LogP contribution is -2.13. The number of carbonyl (C=O) groups excluding carboxylic acids is 1. The Morgan fingerprint density at radius 1 is 1.00 bits per heavy atom. The molecule has 1 aliphatic carbocycles. The molecule has 0 N–H and O–H groups in total. The minimum Gasteiger partial charge on any atom is -0.453 e. The number of benzene rings is 2. The number of rotatable bonds is 2.